The Labute approximate surface area is 254 Å². The zero-order valence-corrected chi connectivity index (χ0v) is 25.6. The number of nitrogens with zero attached hydrogens (tertiary/aromatic N) is 2. The molecule has 0 atom stereocenters. The molecular formula is C29H36F3N5O6S. The van der Waals surface area contributed by atoms with Crippen LogP contribution in [0.3, 0.4) is 0 Å². The Hall–Kier alpha value is -4.11. The maximum Gasteiger partial charge on any atom is 0.421 e. The summed E-state index contributed by atoms with van der Waals surface area (Å²) in [7, 11) is -3.51. The molecule has 0 aliphatic rings. The number of sulfonamides is 1. The normalized spacial score (nSPS) is 12.0. The van der Waals surface area contributed by atoms with Crippen LogP contribution in [0.25, 0.3) is 0 Å². The van der Waals surface area contributed by atoms with Crippen LogP contribution >= 0.6 is 0 Å². The van der Waals surface area contributed by atoms with E-state index in [4.69, 9.17) is 14.2 Å². The summed E-state index contributed by atoms with van der Waals surface area (Å²) in [6, 6.07) is 12.9. The number of carbonyl (C=O) groups is 1. The lowest BCUT2D eigenvalue weighted by atomic mass is 10.2. The predicted molar refractivity (Wildman–Crippen MR) is 160 cm³/mol. The van der Waals surface area contributed by atoms with Crippen LogP contribution in [-0.4, -0.2) is 55.5 Å². The SMILES string of the molecule is CCS(=O)(=O)Nc1cccc(CNc2nc(Nc3ccc(OCCOCCC(=O)OC(C)(C)C)cc3)ncc2C(F)(F)F)c1. The van der Waals surface area contributed by atoms with Crippen molar-refractivity contribution in [2.75, 3.05) is 40.9 Å². The molecule has 11 nitrogen and oxygen atoms in total. The van der Waals surface area contributed by atoms with Crippen molar-refractivity contribution < 1.29 is 40.6 Å². The molecule has 0 unspecified atom stereocenters. The number of hydrogen-bond donors (Lipinski definition) is 3. The molecule has 44 heavy (non-hydrogen) atoms. The van der Waals surface area contributed by atoms with E-state index < -0.39 is 33.2 Å². The molecular weight excluding hydrogens is 603 g/mol. The van der Waals surface area contributed by atoms with Gasteiger partial charge in [-0.15, -0.1) is 0 Å². The Balaban J connectivity index is 1.56. The monoisotopic (exact) mass is 639 g/mol. The second kappa shape index (κ2) is 15.1. The number of benzene rings is 2. The number of ether oxygens (including phenoxy) is 3. The molecule has 0 amide bonds. The smallest absolute Gasteiger partial charge is 0.421 e. The van der Waals surface area contributed by atoms with E-state index >= 15 is 0 Å². The molecule has 0 fully saturated rings. The third kappa shape index (κ3) is 11.9. The van der Waals surface area contributed by atoms with Gasteiger partial charge < -0.3 is 24.8 Å². The lowest BCUT2D eigenvalue weighted by Gasteiger charge is -2.19. The lowest BCUT2D eigenvalue weighted by molar-refractivity contribution is -0.156. The Morgan fingerprint density at radius 1 is 0.977 bits per heavy atom. The van der Waals surface area contributed by atoms with Crippen molar-refractivity contribution in [3.05, 3.63) is 65.9 Å². The number of alkyl halides is 3. The number of rotatable bonds is 15. The number of carbonyl (C=O) groups excluding carboxylic acids is 1. The quantitative estimate of drug-likeness (QED) is 0.139. The third-order valence-corrected chi connectivity index (χ3v) is 6.92. The summed E-state index contributed by atoms with van der Waals surface area (Å²) >= 11 is 0. The third-order valence-electron chi connectivity index (χ3n) is 5.61. The van der Waals surface area contributed by atoms with E-state index in [1.807, 2.05) is 0 Å². The molecule has 15 heteroatoms. The van der Waals surface area contributed by atoms with Gasteiger partial charge in [0.25, 0.3) is 0 Å². The molecule has 3 N–H and O–H groups in total. The molecule has 0 radical (unpaired) electrons. The molecule has 1 aromatic heterocycles. The maximum absolute atomic E-state index is 13.7. The van der Waals surface area contributed by atoms with E-state index in [1.165, 1.54) is 13.0 Å². The van der Waals surface area contributed by atoms with Gasteiger partial charge in [0.15, 0.2) is 0 Å². The summed E-state index contributed by atoms with van der Waals surface area (Å²) in [6.07, 6.45) is -3.89. The van der Waals surface area contributed by atoms with Gasteiger partial charge in [0.1, 0.15) is 29.3 Å². The van der Waals surface area contributed by atoms with E-state index in [9.17, 15) is 26.4 Å². The van der Waals surface area contributed by atoms with Crippen molar-refractivity contribution in [1.82, 2.24) is 9.97 Å². The van der Waals surface area contributed by atoms with Crippen LogP contribution in [-0.2, 0) is 37.0 Å². The van der Waals surface area contributed by atoms with Crippen LogP contribution in [0.2, 0.25) is 0 Å². The second-order valence-corrected chi connectivity index (χ2v) is 12.5. The Morgan fingerprint density at radius 2 is 1.70 bits per heavy atom. The summed E-state index contributed by atoms with van der Waals surface area (Å²) in [5, 5.41) is 5.55. The second-order valence-electron chi connectivity index (χ2n) is 10.5. The van der Waals surface area contributed by atoms with Crippen LogP contribution < -0.4 is 20.1 Å². The van der Waals surface area contributed by atoms with Crippen molar-refractivity contribution in [3.8, 4) is 5.75 Å². The molecule has 0 saturated carbocycles. The fraction of sp³-hybridized carbons (Fsp3) is 0.414. The van der Waals surface area contributed by atoms with E-state index in [1.54, 1.807) is 63.2 Å². The minimum Gasteiger partial charge on any atom is -0.491 e. The number of nitrogens with one attached hydrogen (secondary N) is 3. The first kappa shape index (κ1) is 34.4. The summed E-state index contributed by atoms with van der Waals surface area (Å²) in [6.45, 7) is 7.52. The molecule has 0 spiro atoms. The highest BCUT2D eigenvalue weighted by atomic mass is 32.2. The summed E-state index contributed by atoms with van der Waals surface area (Å²) in [5.74, 6) is -0.445. The predicted octanol–water partition coefficient (Wildman–Crippen LogP) is 5.74. The molecule has 0 bridgehead atoms. The molecule has 0 aliphatic heterocycles. The van der Waals surface area contributed by atoms with Gasteiger partial charge in [-0.1, -0.05) is 12.1 Å². The van der Waals surface area contributed by atoms with Gasteiger partial charge in [0.2, 0.25) is 16.0 Å². The fourth-order valence-electron chi connectivity index (χ4n) is 3.60. The van der Waals surface area contributed by atoms with Gasteiger partial charge in [-0.25, -0.2) is 13.4 Å². The average Bonchev–Trinajstić information content (AvgIpc) is 2.93. The molecule has 2 aromatic carbocycles. The first-order chi connectivity index (χ1) is 20.6. The molecule has 3 aromatic rings. The largest absolute Gasteiger partial charge is 0.491 e. The van der Waals surface area contributed by atoms with Crippen LogP contribution in [0, 0.1) is 0 Å². The number of halogens is 3. The van der Waals surface area contributed by atoms with E-state index in [0.29, 0.717) is 28.9 Å². The number of anilines is 4. The van der Waals surface area contributed by atoms with Crippen molar-refractivity contribution in [2.24, 2.45) is 0 Å². The minimum atomic E-state index is -4.71. The van der Waals surface area contributed by atoms with E-state index in [-0.39, 0.29) is 50.5 Å². The highest BCUT2D eigenvalue weighted by Crippen LogP contribution is 2.34. The van der Waals surface area contributed by atoms with Gasteiger partial charge in [-0.2, -0.15) is 18.2 Å². The highest BCUT2D eigenvalue weighted by Gasteiger charge is 2.35. The van der Waals surface area contributed by atoms with Crippen LogP contribution in [0.1, 0.15) is 45.2 Å². The lowest BCUT2D eigenvalue weighted by Crippen LogP contribution is -2.24. The zero-order chi connectivity index (χ0) is 32.4. The van der Waals surface area contributed by atoms with Crippen LogP contribution in [0.4, 0.5) is 36.3 Å². The standard InChI is InChI=1S/C29H36F3N5O6S/c1-5-44(39,40)37-22-8-6-7-20(17-22)18-33-26-24(29(30,31)32)19-34-27(36-26)35-21-9-11-23(12-10-21)42-16-15-41-14-13-25(38)43-28(2,3)4/h6-12,17,19,37H,5,13-16,18H2,1-4H3,(H2,33,34,35,36). The fourth-order valence-corrected chi connectivity index (χ4v) is 4.23. The molecule has 240 valence electrons. The number of aromatic nitrogens is 2. The van der Waals surface area contributed by atoms with Crippen LogP contribution in [0.15, 0.2) is 54.7 Å². The summed E-state index contributed by atoms with van der Waals surface area (Å²) in [4.78, 5) is 19.5. The highest BCUT2D eigenvalue weighted by molar-refractivity contribution is 7.92. The Bertz CT molecular complexity index is 1500. The van der Waals surface area contributed by atoms with Crippen LogP contribution in [0.5, 0.6) is 5.75 Å². The minimum absolute atomic E-state index is 0.0576. The molecule has 0 saturated heterocycles. The maximum atomic E-state index is 13.7. The molecule has 1 heterocycles. The number of esters is 1. The molecule has 3 rings (SSSR count). The van der Waals surface area contributed by atoms with Crippen molar-refractivity contribution in [3.63, 3.8) is 0 Å². The Morgan fingerprint density at radius 3 is 2.36 bits per heavy atom. The zero-order valence-electron chi connectivity index (χ0n) is 24.8. The number of hydrogen-bond acceptors (Lipinski definition) is 10. The first-order valence-electron chi connectivity index (χ1n) is 13.7. The van der Waals surface area contributed by atoms with Crippen molar-refractivity contribution >= 4 is 39.1 Å². The van der Waals surface area contributed by atoms with Gasteiger partial charge >= 0.3 is 12.1 Å². The van der Waals surface area contributed by atoms with Gasteiger partial charge in [0.05, 0.1) is 25.4 Å². The topological polar surface area (TPSA) is 141 Å². The first-order valence-corrected chi connectivity index (χ1v) is 15.4. The van der Waals surface area contributed by atoms with Crippen molar-refractivity contribution in [2.45, 2.75) is 52.4 Å². The molecule has 0 aliphatic carbocycles. The van der Waals surface area contributed by atoms with E-state index in [0.717, 1.165) is 0 Å². The Kier molecular flexibility index (Phi) is 11.8. The average molecular weight is 640 g/mol. The van der Waals surface area contributed by atoms with Crippen molar-refractivity contribution in [1.29, 1.82) is 0 Å². The van der Waals surface area contributed by atoms with Gasteiger partial charge in [-0.3, -0.25) is 9.52 Å². The summed E-state index contributed by atoms with van der Waals surface area (Å²) < 4.78 is 83.3. The summed E-state index contributed by atoms with van der Waals surface area (Å²) in [5.41, 5.74) is -0.263. The van der Waals surface area contributed by atoms with Gasteiger partial charge in [0, 0.05) is 24.1 Å². The van der Waals surface area contributed by atoms with E-state index in [2.05, 4.69) is 25.3 Å². The van der Waals surface area contributed by atoms with Gasteiger partial charge in [-0.05, 0) is 69.7 Å².